The number of furan rings is 1. The second-order valence-corrected chi connectivity index (χ2v) is 6.41. The molecule has 0 unspecified atom stereocenters. The van der Waals surface area contributed by atoms with Gasteiger partial charge in [0.1, 0.15) is 23.1 Å². The molecule has 2 heterocycles. The molecule has 6 nitrogen and oxygen atoms in total. The standard InChI is InChI=1S/C20H21N3O3/c1-13-14(2)26-20(18(13)11-21)22-19(25)12-23-9-7-16(8-10-23)15-3-5-17(24)6-4-15/h3-7,24H,8-10,12H2,1-2H3,(H,22,25). The number of carbonyl (C=O) groups excluding carboxylic acids is 1. The fourth-order valence-corrected chi connectivity index (χ4v) is 3.01. The van der Waals surface area contributed by atoms with Crippen LogP contribution in [0, 0.1) is 25.2 Å². The summed E-state index contributed by atoms with van der Waals surface area (Å²) in [4.78, 5) is 14.3. The number of benzene rings is 1. The van der Waals surface area contributed by atoms with Crippen molar-refractivity contribution in [1.82, 2.24) is 4.90 Å². The van der Waals surface area contributed by atoms with E-state index in [-0.39, 0.29) is 24.1 Å². The van der Waals surface area contributed by atoms with Crippen molar-refractivity contribution in [2.24, 2.45) is 0 Å². The zero-order valence-electron chi connectivity index (χ0n) is 14.9. The number of anilines is 1. The minimum Gasteiger partial charge on any atom is -0.508 e. The van der Waals surface area contributed by atoms with Gasteiger partial charge in [-0.25, -0.2) is 0 Å². The fraction of sp³-hybridized carbons (Fsp3) is 0.300. The molecule has 1 amide bonds. The van der Waals surface area contributed by atoms with Gasteiger partial charge in [0, 0.05) is 18.7 Å². The molecule has 1 aliphatic rings. The molecule has 1 aromatic heterocycles. The molecule has 0 spiro atoms. The molecule has 0 fully saturated rings. The van der Waals surface area contributed by atoms with E-state index >= 15 is 0 Å². The molecule has 0 atom stereocenters. The molecule has 26 heavy (non-hydrogen) atoms. The summed E-state index contributed by atoms with van der Waals surface area (Å²) in [6.45, 7) is 5.24. The van der Waals surface area contributed by atoms with Crippen molar-refractivity contribution in [3.63, 3.8) is 0 Å². The number of rotatable bonds is 4. The fourth-order valence-electron chi connectivity index (χ4n) is 3.01. The van der Waals surface area contributed by atoms with E-state index in [0.717, 1.165) is 24.1 Å². The van der Waals surface area contributed by atoms with Gasteiger partial charge >= 0.3 is 0 Å². The number of aryl methyl sites for hydroxylation is 1. The molecule has 2 N–H and O–H groups in total. The lowest BCUT2D eigenvalue weighted by Crippen LogP contribution is -2.36. The van der Waals surface area contributed by atoms with Crippen molar-refractivity contribution in [2.75, 3.05) is 25.0 Å². The van der Waals surface area contributed by atoms with Gasteiger partial charge in [-0.15, -0.1) is 0 Å². The van der Waals surface area contributed by atoms with Gasteiger partial charge in [-0.2, -0.15) is 5.26 Å². The number of nitrogens with one attached hydrogen (secondary N) is 1. The molecule has 0 saturated carbocycles. The van der Waals surface area contributed by atoms with Gasteiger partial charge < -0.3 is 9.52 Å². The summed E-state index contributed by atoms with van der Waals surface area (Å²) >= 11 is 0. The average Bonchev–Trinajstić information content (AvgIpc) is 2.89. The van der Waals surface area contributed by atoms with Gasteiger partial charge in [0.05, 0.1) is 6.54 Å². The Morgan fingerprint density at radius 1 is 1.35 bits per heavy atom. The van der Waals surface area contributed by atoms with Crippen molar-refractivity contribution < 1.29 is 14.3 Å². The van der Waals surface area contributed by atoms with Crippen molar-refractivity contribution in [3.8, 4) is 11.8 Å². The van der Waals surface area contributed by atoms with E-state index in [2.05, 4.69) is 17.5 Å². The number of phenolic OH excluding ortho intramolecular Hbond substituents is 1. The summed E-state index contributed by atoms with van der Waals surface area (Å²) in [5.74, 6) is 0.918. The minimum absolute atomic E-state index is 0.197. The molecule has 0 bridgehead atoms. The molecule has 0 radical (unpaired) electrons. The summed E-state index contributed by atoms with van der Waals surface area (Å²) in [5, 5.41) is 21.3. The van der Waals surface area contributed by atoms with Crippen LogP contribution < -0.4 is 5.32 Å². The molecule has 134 valence electrons. The predicted molar refractivity (Wildman–Crippen MR) is 98.7 cm³/mol. The number of aromatic hydroxyl groups is 1. The quantitative estimate of drug-likeness (QED) is 0.883. The number of phenols is 1. The van der Waals surface area contributed by atoms with Crippen molar-refractivity contribution in [1.29, 1.82) is 5.26 Å². The van der Waals surface area contributed by atoms with Crippen LogP contribution in [0.25, 0.3) is 5.57 Å². The maximum absolute atomic E-state index is 12.3. The molecule has 1 aliphatic heterocycles. The van der Waals surface area contributed by atoms with Crippen LogP contribution in [0.4, 0.5) is 5.88 Å². The summed E-state index contributed by atoms with van der Waals surface area (Å²) in [5.41, 5.74) is 3.43. The number of hydrogen-bond acceptors (Lipinski definition) is 5. The van der Waals surface area contributed by atoms with Crippen LogP contribution >= 0.6 is 0 Å². The Morgan fingerprint density at radius 2 is 2.08 bits per heavy atom. The third-order valence-electron chi connectivity index (χ3n) is 4.65. The lowest BCUT2D eigenvalue weighted by Gasteiger charge is -2.25. The lowest BCUT2D eigenvalue weighted by atomic mass is 9.99. The smallest absolute Gasteiger partial charge is 0.240 e. The molecular formula is C20H21N3O3. The van der Waals surface area contributed by atoms with E-state index in [0.29, 0.717) is 17.9 Å². The summed E-state index contributed by atoms with van der Waals surface area (Å²) in [6, 6.07) is 9.22. The molecule has 0 saturated heterocycles. The molecule has 0 aliphatic carbocycles. The monoisotopic (exact) mass is 351 g/mol. The van der Waals surface area contributed by atoms with E-state index in [1.165, 1.54) is 5.57 Å². The summed E-state index contributed by atoms with van der Waals surface area (Å²) in [6.07, 6.45) is 2.94. The van der Waals surface area contributed by atoms with Crippen LogP contribution in [0.5, 0.6) is 5.75 Å². The van der Waals surface area contributed by atoms with Gasteiger partial charge in [0.15, 0.2) is 0 Å². The van der Waals surface area contributed by atoms with E-state index < -0.39 is 0 Å². The number of amides is 1. The van der Waals surface area contributed by atoms with Gasteiger partial charge in [0.2, 0.25) is 11.8 Å². The van der Waals surface area contributed by atoms with E-state index in [1.807, 2.05) is 17.0 Å². The summed E-state index contributed by atoms with van der Waals surface area (Å²) in [7, 11) is 0. The zero-order chi connectivity index (χ0) is 18.7. The Bertz CT molecular complexity index is 888. The average molecular weight is 351 g/mol. The van der Waals surface area contributed by atoms with Gasteiger partial charge in [-0.1, -0.05) is 18.2 Å². The third kappa shape index (κ3) is 3.79. The first kappa shape index (κ1) is 17.8. The minimum atomic E-state index is -0.197. The number of nitriles is 1. The Balaban J connectivity index is 1.59. The van der Waals surface area contributed by atoms with Crippen molar-refractivity contribution >= 4 is 17.4 Å². The van der Waals surface area contributed by atoms with Gasteiger partial charge in [-0.3, -0.25) is 15.0 Å². The largest absolute Gasteiger partial charge is 0.508 e. The van der Waals surface area contributed by atoms with Crippen LogP contribution in [0.3, 0.4) is 0 Å². The highest BCUT2D eigenvalue weighted by atomic mass is 16.4. The second-order valence-electron chi connectivity index (χ2n) is 6.41. The third-order valence-corrected chi connectivity index (χ3v) is 4.65. The SMILES string of the molecule is Cc1oc(NC(=O)CN2CC=C(c3ccc(O)cc3)CC2)c(C#N)c1C. The van der Waals surface area contributed by atoms with Crippen LogP contribution in [-0.2, 0) is 4.79 Å². The first-order valence-electron chi connectivity index (χ1n) is 8.48. The highest BCUT2D eigenvalue weighted by molar-refractivity contribution is 5.92. The first-order chi connectivity index (χ1) is 12.5. The maximum Gasteiger partial charge on any atom is 0.240 e. The highest BCUT2D eigenvalue weighted by Gasteiger charge is 2.19. The van der Waals surface area contributed by atoms with Gasteiger partial charge in [0.25, 0.3) is 0 Å². The number of hydrogen-bond donors (Lipinski definition) is 2. The maximum atomic E-state index is 12.3. The number of nitrogens with zero attached hydrogens (tertiary/aromatic N) is 2. The Labute approximate surface area is 152 Å². The van der Waals surface area contributed by atoms with E-state index in [1.54, 1.807) is 26.0 Å². The van der Waals surface area contributed by atoms with E-state index in [4.69, 9.17) is 4.42 Å². The Hall–Kier alpha value is -3.04. The molecule has 3 rings (SSSR count). The van der Waals surface area contributed by atoms with Crippen LogP contribution in [0.2, 0.25) is 0 Å². The molecule has 1 aromatic carbocycles. The number of carbonyl (C=O) groups is 1. The predicted octanol–water partition coefficient (Wildman–Crippen LogP) is 3.20. The summed E-state index contributed by atoms with van der Waals surface area (Å²) < 4.78 is 5.48. The first-order valence-corrected chi connectivity index (χ1v) is 8.48. The normalized spacial score (nSPS) is 14.6. The molecular weight excluding hydrogens is 330 g/mol. The van der Waals surface area contributed by atoms with Crippen LogP contribution in [0.15, 0.2) is 34.8 Å². The lowest BCUT2D eigenvalue weighted by molar-refractivity contribution is -0.117. The van der Waals surface area contributed by atoms with E-state index in [9.17, 15) is 15.2 Å². The highest BCUT2D eigenvalue weighted by Crippen LogP contribution is 2.26. The Morgan fingerprint density at radius 3 is 2.69 bits per heavy atom. The molecule has 6 heteroatoms. The van der Waals surface area contributed by atoms with Crippen LogP contribution in [-0.4, -0.2) is 35.5 Å². The zero-order valence-corrected chi connectivity index (χ0v) is 14.9. The van der Waals surface area contributed by atoms with Crippen LogP contribution in [0.1, 0.15) is 28.9 Å². The van der Waals surface area contributed by atoms with Crippen molar-refractivity contribution in [2.45, 2.75) is 20.3 Å². The molecule has 2 aromatic rings. The van der Waals surface area contributed by atoms with Crippen molar-refractivity contribution in [3.05, 3.63) is 52.8 Å². The second kappa shape index (κ2) is 7.46. The topological polar surface area (TPSA) is 89.5 Å². The Kier molecular flexibility index (Phi) is 5.10. The van der Waals surface area contributed by atoms with Gasteiger partial charge in [-0.05, 0) is 43.5 Å².